The number of hydrogen-bond donors (Lipinski definition) is 1. The SMILES string of the molecule is Cc1ccc(S(=O)(=O)N2CCN(c3ccccc3F)CC2)cc1C(=O)NC1CCCCC1. The van der Waals surface area contributed by atoms with Crippen LogP contribution in [0.1, 0.15) is 48.0 Å². The Morgan fingerprint density at radius 3 is 2.38 bits per heavy atom. The van der Waals surface area contributed by atoms with Crippen molar-refractivity contribution in [1.82, 2.24) is 9.62 Å². The molecule has 0 unspecified atom stereocenters. The van der Waals surface area contributed by atoms with Crippen molar-refractivity contribution < 1.29 is 17.6 Å². The van der Waals surface area contributed by atoms with Gasteiger partial charge in [-0.15, -0.1) is 0 Å². The first-order valence-electron chi connectivity index (χ1n) is 11.3. The normalized spacial score (nSPS) is 18.5. The molecule has 1 amide bonds. The van der Waals surface area contributed by atoms with Crippen molar-refractivity contribution in [3.05, 3.63) is 59.4 Å². The van der Waals surface area contributed by atoms with Gasteiger partial charge in [-0.1, -0.05) is 37.5 Å². The summed E-state index contributed by atoms with van der Waals surface area (Å²) in [6.45, 7) is 3.14. The van der Waals surface area contributed by atoms with E-state index in [0.717, 1.165) is 31.2 Å². The molecule has 32 heavy (non-hydrogen) atoms. The van der Waals surface area contributed by atoms with Crippen LogP contribution in [0.5, 0.6) is 0 Å². The third-order valence-corrected chi connectivity index (χ3v) is 8.36. The molecule has 1 saturated heterocycles. The lowest BCUT2D eigenvalue weighted by molar-refractivity contribution is 0.0927. The molecule has 0 radical (unpaired) electrons. The molecule has 172 valence electrons. The number of hydrogen-bond acceptors (Lipinski definition) is 4. The maximum atomic E-state index is 14.1. The summed E-state index contributed by atoms with van der Waals surface area (Å²) in [6, 6.07) is 11.4. The van der Waals surface area contributed by atoms with E-state index in [4.69, 9.17) is 0 Å². The van der Waals surface area contributed by atoms with Crippen molar-refractivity contribution in [2.75, 3.05) is 31.1 Å². The molecule has 1 aliphatic carbocycles. The van der Waals surface area contributed by atoms with Crippen LogP contribution in [0, 0.1) is 12.7 Å². The van der Waals surface area contributed by atoms with Gasteiger partial charge in [-0.25, -0.2) is 12.8 Å². The average molecular weight is 460 g/mol. The molecule has 8 heteroatoms. The van der Waals surface area contributed by atoms with Crippen molar-refractivity contribution in [3.63, 3.8) is 0 Å². The fourth-order valence-electron chi connectivity index (χ4n) is 4.54. The number of anilines is 1. The second-order valence-electron chi connectivity index (χ2n) is 8.63. The Hall–Kier alpha value is -2.45. The molecule has 0 atom stereocenters. The smallest absolute Gasteiger partial charge is 0.251 e. The van der Waals surface area contributed by atoms with Crippen molar-refractivity contribution in [1.29, 1.82) is 0 Å². The van der Waals surface area contributed by atoms with Gasteiger partial charge in [0.2, 0.25) is 10.0 Å². The number of nitrogens with one attached hydrogen (secondary N) is 1. The molecular formula is C24H30FN3O3S. The van der Waals surface area contributed by atoms with E-state index in [1.54, 1.807) is 30.3 Å². The largest absolute Gasteiger partial charge is 0.367 e. The summed E-state index contributed by atoms with van der Waals surface area (Å²) >= 11 is 0. The highest BCUT2D eigenvalue weighted by molar-refractivity contribution is 7.89. The predicted octanol–water partition coefficient (Wildman–Crippen LogP) is 3.71. The molecule has 0 spiro atoms. The van der Waals surface area contributed by atoms with Crippen LogP contribution in [-0.2, 0) is 10.0 Å². The van der Waals surface area contributed by atoms with Crippen LogP contribution < -0.4 is 10.2 Å². The number of aryl methyl sites for hydroxylation is 1. The van der Waals surface area contributed by atoms with Crippen LogP contribution in [0.4, 0.5) is 10.1 Å². The fourth-order valence-corrected chi connectivity index (χ4v) is 5.99. The average Bonchev–Trinajstić information content (AvgIpc) is 2.80. The molecule has 0 bridgehead atoms. The molecule has 1 saturated carbocycles. The number of rotatable bonds is 5. The van der Waals surface area contributed by atoms with E-state index < -0.39 is 10.0 Å². The number of benzene rings is 2. The van der Waals surface area contributed by atoms with Crippen molar-refractivity contribution >= 4 is 21.6 Å². The van der Waals surface area contributed by atoms with Crippen molar-refractivity contribution in [3.8, 4) is 0 Å². The van der Waals surface area contributed by atoms with Gasteiger partial charge in [0, 0.05) is 37.8 Å². The second-order valence-corrected chi connectivity index (χ2v) is 10.6. The third kappa shape index (κ3) is 4.81. The highest BCUT2D eigenvalue weighted by Crippen LogP contribution is 2.25. The van der Waals surface area contributed by atoms with E-state index in [9.17, 15) is 17.6 Å². The summed E-state index contributed by atoms with van der Waals surface area (Å²) in [4.78, 5) is 14.8. The maximum absolute atomic E-state index is 14.1. The van der Waals surface area contributed by atoms with E-state index >= 15 is 0 Å². The highest BCUT2D eigenvalue weighted by Gasteiger charge is 2.30. The van der Waals surface area contributed by atoms with Crippen LogP contribution in [0.15, 0.2) is 47.4 Å². The minimum Gasteiger partial charge on any atom is -0.367 e. The quantitative estimate of drug-likeness (QED) is 0.740. The Kier molecular flexibility index (Phi) is 6.81. The zero-order valence-electron chi connectivity index (χ0n) is 18.4. The van der Waals surface area contributed by atoms with Gasteiger partial charge in [-0.2, -0.15) is 4.31 Å². The van der Waals surface area contributed by atoms with E-state index in [2.05, 4.69) is 5.32 Å². The lowest BCUT2D eigenvalue weighted by Gasteiger charge is -2.35. The minimum atomic E-state index is -3.75. The molecule has 2 aromatic carbocycles. The first-order valence-corrected chi connectivity index (χ1v) is 12.7. The molecule has 1 N–H and O–H groups in total. The number of sulfonamides is 1. The van der Waals surface area contributed by atoms with Gasteiger partial charge >= 0.3 is 0 Å². The van der Waals surface area contributed by atoms with E-state index in [1.807, 2.05) is 11.8 Å². The summed E-state index contributed by atoms with van der Waals surface area (Å²) in [5.41, 5.74) is 1.64. The summed E-state index contributed by atoms with van der Waals surface area (Å²) in [7, 11) is -3.75. The summed E-state index contributed by atoms with van der Waals surface area (Å²) in [5, 5.41) is 3.07. The minimum absolute atomic E-state index is 0.122. The van der Waals surface area contributed by atoms with E-state index in [1.165, 1.54) is 22.9 Å². The van der Waals surface area contributed by atoms with Gasteiger partial charge in [0.1, 0.15) is 5.82 Å². The van der Waals surface area contributed by atoms with Gasteiger partial charge in [0.05, 0.1) is 10.6 Å². The number of amides is 1. The lowest BCUT2D eigenvalue weighted by Crippen LogP contribution is -2.49. The zero-order chi connectivity index (χ0) is 22.7. The molecule has 0 aromatic heterocycles. The fraction of sp³-hybridized carbons (Fsp3) is 0.458. The first-order chi connectivity index (χ1) is 15.4. The topological polar surface area (TPSA) is 69.7 Å². The van der Waals surface area contributed by atoms with Crippen LogP contribution in [0.3, 0.4) is 0 Å². The molecule has 1 heterocycles. The Labute approximate surface area is 189 Å². The van der Waals surface area contributed by atoms with Crippen LogP contribution in [-0.4, -0.2) is 50.9 Å². The molecule has 1 aliphatic heterocycles. The van der Waals surface area contributed by atoms with Gasteiger partial charge in [-0.3, -0.25) is 4.79 Å². The first kappa shape index (κ1) is 22.7. The molecule has 2 fully saturated rings. The van der Waals surface area contributed by atoms with Gasteiger partial charge in [-0.05, 0) is 49.6 Å². The standard InChI is InChI=1S/C24H30FN3O3S/c1-18-11-12-20(17-21(18)24(29)26-19-7-3-2-4-8-19)32(30,31)28-15-13-27(14-16-28)23-10-6-5-9-22(23)25/h5-6,9-12,17,19H,2-4,7-8,13-16H2,1H3,(H,26,29). The summed E-state index contributed by atoms with van der Waals surface area (Å²) in [6.07, 6.45) is 5.35. The van der Waals surface area contributed by atoms with Crippen molar-refractivity contribution in [2.45, 2.75) is 50.0 Å². The number of carbonyl (C=O) groups is 1. The monoisotopic (exact) mass is 459 g/mol. The van der Waals surface area contributed by atoms with Crippen LogP contribution in [0.2, 0.25) is 0 Å². The Bertz CT molecular complexity index is 1080. The Morgan fingerprint density at radius 2 is 1.69 bits per heavy atom. The highest BCUT2D eigenvalue weighted by atomic mass is 32.2. The van der Waals surface area contributed by atoms with Crippen LogP contribution >= 0.6 is 0 Å². The van der Waals surface area contributed by atoms with E-state index in [-0.39, 0.29) is 35.8 Å². The Balaban J connectivity index is 1.47. The van der Waals surface area contributed by atoms with Crippen LogP contribution in [0.25, 0.3) is 0 Å². The van der Waals surface area contributed by atoms with Gasteiger partial charge in [0.25, 0.3) is 5.91 Å². The number of nitrogens with zero attached hydrogens (tertiary/aromatic N) is 2. The number of carbonyl (C=O) groups excluding carboxylic acids is 1. The van der Waals surface area contributed by atoms with Gasteiger partial charge < -0.3 is 10.2 Å². The molecule has 4 rings (SSSR count). The predicted molar refractivity (Wildman–Crippen MR) is 123 cm³/mol. The molecular weight excluding hydrogens is 429 g/mol. The molecule has 2 aromatic rings. The number of para-hydroxylation sites is 1. The summed E-state index contributed by atoms with van der Waals surface area (Å²) in [5.74, 6) is -0.521. The Morgan fingerprint density at radius 1 is 1.00 bits per heavy atom. The van der Waals surface area contributed by atoms with Crippen molar-refractivity contribution in [2.24, 2.45) is 0 Å². The third-order valence-electron chi connectivity index (χ3n) is 6.46. The number of halogens is 1. The molecule has 6 nitrogen and oxygen atoms in total. The second kappa shape index (κ2) is 9.58. The molecule has 2 aliphatic rings. The maximum Gasteiger partial charge on any atom is 0.251 e. The van der Waals surface area contributed by atoms with Gasteiger partial charge in [0.15, 0.2) is 0 Å². The summed E-state index contributed by atoms with van der Waals surface area (Å²) < 4.78 is 42.0. The lowest BCUT2D eigenvalue weighted by atomic mass is 9.95. The number of piperazine rings is 1. The zero-order valence-corrected chi connectivity index (χ0v) is 19.2. The van der Waals surface area contributed by atoms with E-state index in [0.29, 0.717) is 24.3 Å².